The largest absolute Gasteiger partial charge is 0.387 e. The first kappa shape index (κ1) is 23.5. The third-order valence-electron chi connectivity index (χ3n) is 6.67. The number of hydrogen-bond acceptors (Lipinski definition) is 5. The number of aliphatic hydroxyl groups is 2. The first-order valence-electron chi connectivity index (χ1n) is 11.7. The van der Waals surface area contributed by atoms with Gasteiger partial charge < -0.3 is 24.4 Å². The molecular formula is C28H29ClO5. The fourth-order valence-electron chi connectivity index (χ4n) is 4.69. The fraction of sp³-hybridized carbons (Fsp3) is 0.357. The summed E-state index contributed by atoms with van der Waals surface area (Å²) >= 11 is 6.50. The van der Waals surface area contributed by atoms with Gasteiger partial charge in [-0.2, -0.15) is 0 Å². The molecule has 6 atom stereocenters. The third kappa shape index (κ3) is 4.78. The van der Waals surface area contributed by atoms with Gasteiger partial charge in [-0.3, -0.25) is 0 Å². The van der Waals surface area contributed by atoms with E-state index in [9.17, 15) is 10.2 Å². The summed E-state index contributed by atoms with van der Waals surface area (Å²) in [7, 11) is 0. The lowest BCUT2D eigenvalue weighted by molar-refractivity contribution is -0.330. The monoisotopic (exact) mass is 480 g/mol. The molecule has 0 bridgehead atoms. The Morgan fingerprint density at radius 2 is 1.59 bits per heavy atom. The van der Waals surface area contributed by atoms with Crippen molar-refractivity contribution in [1.82, 2.24) is 0 Å². The van der Waals surface area contributed by atoms with Crippen molar-refractivity contribution in [3.8, 4) is 0 Å². The van der Waals surface area contributed by atoms with Crippen LogP contribution in [0.5, 0.6) is 0 Å². The molecule has 0 saturated carbocycles. The molecule has 0 aliphatic carbocycles. The normalized spacial score (nSPS) is 28.9. The Morgan fingerprint density at radius 3 is 2.32 bits per heavy atom. The van der Waals surface area contributed by atoms with Crippen molar-refractivity contribution in [2.45, 2.75) is 56.6 Å². The fourth-order valence-corrected chi connectivity index (χ4v) is 4.87. The minimum absolute atomic E-state index is 0.259. The lowest BCUT2D eigenvalue weighted by atomic mass is 9.89. The van der Waals surface area contributed by atoms with Crippen LogP contribution in [0.1, 0.15) is 47.1 Å². The van der Waals surface area contributed by atoms with Gasteiger partial charge in [0.15, 0.2) is 6.29 Å². The zero-order valence-corrected chi connectivity index (χ0v) is 19.8. The summed E-state index contributed by atoms with van der Waals surface area (Å²) in [6.07, 6.45) is -3.09. The number of aliphatic hydroxyl groups excluding tert-OH is 2. The molecule has 2 aliphatic rings. The molecule has 2 saturated heterocycles. The van der Waals surface area contributed by atoms with E-state index in [0.717, 1.165) is 28.7 Å². The molecule has 6 heteroatoms. The Morgan fingerprint density at radius 1 is 0.853 bits per heavy atom. The van der Waals surface area contributed by atoms with E-state index in [2.05, 4.69) is 31.2 Å². The molecule has 2 aliphatic heterocycles. The van der Waals surface area contributed by atoms with Gasteiger partial charge in [0, 0.05) is 10.6 Å². The number of rotatable bonds is 5. The maximum atomic E-state index is 11.0. The summed E-state index contributed by atoms with van der Waals surface area (Å²) in [5, 5.41) is 22.6. The van der Waals surface area contributed by atoms with Gasteiger partial charge >= 0.3 is 0 Å². The maximum Gasteiger partial charge on any atom is 0.184 e. The smallest absolute Gasteiger partial charge is 0.184 e. The molecule has 0 spiro atoms. The zero-order valence-electron chi connectivity index (χ0n) is 19.0. The molecule has 0 aromatic heterocycles. The molecule has 2 heterocycles. The zero-order chi connectivity index (χ0) is 23.7. The summed E-state index contributed by atoms with van der Waals surface area (Å²) in [6.45, 7) is 2.39. The molecule has 5 rings (SSSR count). The van der Waals surface area contributed by atoms with Crippen LogP contribution in [0.4, 0.5) is 0 Å². The van der Waals surface area contributed by atoms with Crippen molar-refractivity contribution >= 4 is 11.6 Å². The predicted octanol–water partition coefficient (Wildman–Crippen LogP) is 4.77. The van der Waals surface area contributed by atoms with Crippen LogP contribution >= 0.6 is 11.6 Å². The SMILES string of the molecule is CCc1ccc(Cc2cc(C3OC4COC(c5ccccc5)OC4C(O)C3O)ccc2Cl)cc1. The molecule has 0 radical (unpaired) electrons. The molecule has 2 N–H and O–H groups in total. The number of fused-ring (bicyclic) bond motifs is 1. The third-order valence-corrected chi connectivity index (χ3v) is 7.04. The van der Waals surface area contributed by atoms with Crippen molar-refractivity contribution in [1.29, 1.82) is 0 Å². The minimum atomic E-state index is -1.14. The quantitative estimate of drug-likeness (QED) is 0.550. The Hall–Kier alpha value is -2.25. The Kier molecular flexibility index (Phi) is 7.02. The lowest BCUT2D eigenvalue weighted by Gasteiger charge is -2.46. The van der Waals surface area contributed by atoms with E-state index in [1.54, 1.807) is 0 Å². The molecule has 178 valence electrons. The number of ether oxygens (including phenoxy) is 3. The Balaban J connectivity index is 1.33. The van der Waals surface area contributed by atoms with Crippen molar-refractivity contribution in [3.05, 3.63) is 106 Å². The summed E-state index contributed by atoms with van der Waals surface area (Å²) < 4.78 is 18.1. The topological polar surface area (TPSA) is 68.2 Å². The van der Waals surface area contributed by atoms with E-state index in [-0.39, 0.29) is 6.61 Å². The Labute approximate surface area is 204 Å². The van der Waals surface area contributed by atoms with Crippen LogP contribution in [-0.2, 0) is 27.1 Å². The van der Waals surface area contributed by atoms with Gasteiger partial charge in [0.05, 0.1) is 6.61 Å². The Bertz CT molecular complexity index is 1100. The van der Waals surface area contributed by atoms with E-state index in [1.165, 1.54) is 5.56 Å². The van der Waals surface area contributed by atoms with Crippen LogP contribution < -0.4 is 0 Å². The molecule has 0 amide bonds. The van der Waals surface area contributed by atoms with Crippen LogP contribution in [0.15, 0.2) is 72.8 Å². The molecule has 5 nitrogen and oxygen atoms in total. The van der Waals surface area contributed by atoms with Gasteiger partial charge in [-0.05, 0) is 41.2 Å². The van der Waals surface area contributed by atoms with Gasteiger partial charge in [-0.15, -0.1) is 0 Å². The summed E-state index contributed by atoms with van der Waals surface area (Å²) in [5.41, 5.74) is 5.01. The molecule has 2 fully saturated rings. The van der Waals surface area contributed by atoms with Crippen LogP contribution in [0.3, 0.4) is 0 Å². The first-order chi connectivity index (χ1) is 16.5. The highest BCUT2D eigenvalue weighted by atomic mass is 35.5. The summed E-state index contributed by atoms with van der Waals surface area (Å²) in [6, 6.07) is 23.6. The van der Waals surface area contributed by atoms with Crippen molar-refractivity contribution in [3.63, 3.8) is 0 Å². The van der Waals surface area contributed by atoms with Crippen LogP contribution in [-0.4, -0.2) is 41.2 Å². The highest BCUT2D eigenvalue weighted by Crippen LogP contribution is 2.39. The minimum Gasteiger partial charge on any atom is -0.387 e. The second-order valence-corrected chi connectivity index (χ2v) is 9.36. The number of hydrogen-bond donors (Lipinski definition) is 2. The predicted molar refractivity (Wildman–Crippen MR) is 130 cm³/mol. The van der Waals surface area contributed by atoms with Gasteiger partial charge in [-0.1, -0.05) is 85.3 Å². The number of benzene rings is 3. The van der Waals surface area contributed by atoms with Crippen molar-refractivity contribution < 1.29 is 24.4 Å². The van der Waals surface area contributed by atoms with E-state index in [0.29, 0.717) is 11.4 Å². The average Bonchev–Trinajstić information content (AvgIpc) is 2.88. The first-order valence-corrected chi connectivity index (χ1v) is 12.1. The molecule has 3 aromatic rings. The van der Waals surface area contributed by atoms with Gasteiger partial charge in [0.1, 0.15) is 30.5 Å². The van der Waals surface area contributed by atoms with Gasteiger partial charge in [0.2, 0.25) is 0 Å². The second kappa shape index (κ2) is 10.2. The van der Waals surface area contributed by atoms with E-state index in [4.69, 9.17) is 25.8 Å². The van der Waals surface area contributed by atoms with Crippen LogP contribution in [0, 0.1) is 0 Å². The molecule has 34 heavy (non-hydrogen) atoms. The highest BCUT2D eigenvalue weighted by molar-refractivity contribution is 6.31. The van der Waals surface area contributed by atoms with E-state index < -0.39 is 36.8 Å². The number of halogens is 1. The second-order valence-electron chi connectivity index (χ2n) is 8.95. The molecule has 3 aromatic carbocycles. The van der Waals surface area contributed by atoms with Crippen LogP contribution in [0.2, 0.25) is 5.02 Å². The lowest BCUT2D eigenvalue weighted by Crippen LogP contribution is -2.59. The van der Waals surface area contributed by atoms with Crippen molar-refractivity contribution in [2.75, 3.05) is 6.61 Å². The van der Waals surface area contributed by atoms with E-state index >= 15 is 0 Å². The van der Waals surface area contributed by atoms with Gasteiger partial charge in [-0.25, -0.2) is 0 Å². The van der Waals surface area contributed by atoms with E-state index in [1.807, 2.05) is 48.5 Å². The average molecular weight is 481 g/mol. The standard InChI is InChI=1S/C28H29ClO5/c1-2-17-8-10-18(11-9-17)14-21-15-20(12-13-22(21)29)26-24(30)25(31)27-23(33-26)16-32-28(34-27)19-6-4-3-5-7-19/h3-13,15,23-28,30-31H,2,14,16H2,1H3. The molecular weight excluding hydrogens is 452 g/mol. The number of aryl methyl sites for hydroxylation is 1. The maximum absolute atomic E-state index is 11.0. The summed E-state index contributed by atoms with van der Waals surface area (Å²) in [5.74, 6) is 0. The highest BCUT2D eigenvalue weighted by Gasteiger charge is 2.49. The molecule has 6 unspecified atom stereocenters. The van der Waals surface area contributed by atoms with Gasteiger partial charge in [0.25, 0.3) is 0 Å². The van der Waals surface area contributed by atoms with Crippen LogP contribution in [0.25, 0.3) is 0 Å². The summed E-state index contributed by atoms with van der Waals surface area (Å²) in [4.78, 5) is 0. The van der Waals surface area contributed by atoms with Crippen molar-refractivity contribution in [2.24, 2.45) is 0 Å².